The van der Waals surface area contributed by atoms with E-state index in [9.17, 15) is 54.3 Å². The minimum Gasteiger partial charge on any atom is -0.481 e. The topological polar surface area (TPSA) is 237 Å². The van der Waals surface area contributed by atoms with Gasteiger partial charge in [-0.25, -0.2) is 28.7 Å². The van der Waals surface area contributed by atoms with Crippen molar-refractivity contribution in [1.29, 1.82) is 0 Å². The van der Waals surface area contributed by atoms with Gasteiger partial charge in [-0.3, -0.25) is 19.2 Å². The summed E-state index contributed by atoms with van der Waals surface area (Å²) in [6.07, 6.45) is -3.81. The first-order chi connectivity index (χ1) is 32.3. The first-order valence-electron chi connectivity index (χ1n) is 21.6. The molecule has 3 amide bonds. The molecular weight excluding hydrogens is 925 g/mol. The summed E-state index contributed by atoms with van der Waals surface area (Å²) in [4.78, 5) is 64.9. The standard InChI is InChI=1S/C23H27F4N5O2.C12H18FN3O.C11H11F3N2O2/c1-32(2)15(10-14-4-5-16(20(28)34)18(24)11-14)13-31-19(33)12-17(21-29-8-3-9-30-21)22(6-7-22)23(25,26)27;1-16(2)9(7-14)5-8-3-4-10(12(15)17)11(13)6-8;12-11(13,14)10(2-3-10)7(6-8(17)18)9-15-4-1-5-16-9/h3-5,8-9,11,15,17H,6-7,10,12-13H2,1-2H3,(H2,28,34)(H,31,33);3-4,6,9H,5,7,14H2,1-2H3,(H2,15,17);1,4-5,7H,2-3,6H2,(H,17,18)/t15-,17?;9-;7-/m000/s1. The summed E-state index contributed by atoms with van der Waals surface area (Å²) in [7, 11) is 7.39. The number of carboxylic acid groups (broad SMARTS) is 1. The highest BCUT2D eigenvalue weighted by molar-refractivity contribution is 5.93. The number of carbonyl (C=O) groups excluding carboxylic acids is 3. The van der Waals surface area contributed by atoms with E-state index in [0.29, 0.717) is 24.9 Å². The molecule has 2 aromatic heterocycles. The second-order valence-corrected chi connectivity index (χ2v) is 17.5. The van der Waals surface area contributed by atoms with Gasteiger partial charge in [0.25, 0.3) is 11.8 Å². The lowest BCUT2D eigenvalue weighted by molar-refractivity contribution is -0.196. The number of nitrogens with one attached hydrogen (secondary N) is 1. The van der Waals surface area contributed by atoms with E-state index < -0.39 is 83.2 Å². The minimum atomic E-state index is -4.47. The number of likely N-dealkylation sites (N-methyl/N-ethyl adjacent to an activating group) is 2. The average Bonchev–Trinajstić information content (AvgIpc) is 4.21. The van der Waals surface area contributed by atoms with Gasteiger partial charge in [-0.2, -0.15) is 26.3 Å². The third kappa shape index (κ3) is 14.7. The Balaban J connectivity index is 0.000000249. The Morgan fingerprint density at radius 2 is 1.04 bits per heavy atom. The molecule has 2 heterocycles. The van der Waals surface area contributed by atoms with Crippen molar-refractivity contribution in [3.8, 4) is 0 Å². The molecule has 0 bridgehead atoms. The van der Waals surface area contributed by atoms with Crippen molar-refractivity contribution < 1.29 is 59.4 Å². The summed E-state index contributed by atoms with van der Waals surface area (Å²) in [5.74, 6) is -7.20. The number of rotatable bonds is 19. The Labute approximate surface area is 393 Å². The third-order valence-corrected chi connectivity index (χ3v) is 12.4. The van der Waals surface area contributed by atoms with Crippen molar-refractivity contribution in [2.24, 2.45) is 28.0 Å². The molecule has 0 aliphatic heterocycles. The smallest absolute Gasteiger partial charge is 0.395 e. The number of carbonyl (C=O) groups is 4. The molecule has 2 aliphatic rings. The summed E-state index contributed by atoms with van der Waals surface area (Å²) in [6.45, 7) is 0.624. The van der Waals surface area contributed by atoms with E-state index in [-0.39, 0.29) is 67.1 Å². The summed E-state index contributed by atoms with van der Waals surface area (Å²) >= 11 is 0. The summed E-state index contributed by atoms with van der Waals surface area (Å²) in [6, 6.07) is 11.4. The highest BCUT2D eigenvalue weighted by Gasteiger charge is 2.69. The largest absolute Gasteiger partial charge is 0.481 e. The van der Waals surface area contributed by atoms with E-state index in [1.54, 1.807) is 26.2 Å². The highest BCUT2D eigenvalue weighted by atomic mass is 19.4. The molecule has 376 valence electrons. The van der Waals surface area contributed by atoms with Crippen molar-refractivity contribution in [3.05, 3.63) is 119 Å². The normalized spacial score (nSPS) is 16.4. The van der Waals surface area contributed by atoms with Crippen molar-refractivity contribution in [2.45, 2.75) is 87.6 Å². The molecule has 2 fully saturated rings. The van der Waals surface area contributed by atoms with Gasteiger partial charge >= 0.3 is 18.3 Å². The zero-order valence-electron chi connectivity index (χ0n) is 38.3. The van der Waals surface area contributed by atoms with E-state index in [0.717, 1.165) is 5.56 Å². The van der Waals surface area contributed by atoms with Gasteiger partial charge in [-0.15, -0.1) is 0 Å². The van der Waals surface area contributed by atoms with Crippen LogP contribution in [0.15, 0.2) is 73.3 Å². The number of aliphatic carboxylic acids is 1. The number of primary amides is 2. The molecule has 6 rings (SSSR count). The van der Waals surface area contributed by atoms with Crippen LogP contribution in [0, 0.1) is 22.5 Å². The molecule has 15 nitrogen and oxygen atoms in total. The Morgan fingerprint density at radius 1 is 0.667 bits per heavy atom. The summed E-state index contributed by atoms with van der Waals surface area (Å²) in [5.41, 5.74) is 12.9. The van der Waals surface area contributed by atoms with Gasteiger partial charge in [0.2, 0.25) is 5.91 Å². The van der Waals surface area contributed by atoms with Gasteiger partial charge in [0.15, 0.2) is 0 Å². The van der Waals surface area contributed by atoms with E-state index in [1.165, 1.54) is 61.2 Å². The van der Waals surface area contributed by atoms with Crippen LogP contribution < -0.4 is 22.5 Å². The Bertz CT molecular complexity index is 2370. The van der Waals surface area contributed by atoms with Crippen LogP contribution in [0.1, 0.15) is 93.9 Å². The number of hydrogen-bond acceptors (Lipinski definition) is 11. The number of aromatic nitrogens is 4. The van der Waals surface area contributed by atoms with Gasteiger partial charge < -0.3 is 37.4 Å². The van der Waals surface area contributed by atoms with Gasteiger partial charge in [-0.1, -0.05) is 12.1 Å². The molecule has 2 aromatic carbocycles. The maximum Gasteiger partial charge on any atom is 0.395 e. The van der Waals surface area contributed by atoms with Crippen LogP contribution in [-0.4, -0.2) is 124 Å². The average molecular weight is 981 g/mol. The molecule has 4 atom stereocenters. The van der Waals surface area contributed by atoms with Crippen molar-refractivity contribution in [2.75, 3.05) is 41.3 Å². The predicted molar refractivity (Wildman–Crippen MR) is 236 cm³/mol. The van der Waals surface area contributed by atoms with Crippen LogP contribution in [-0.2, 0) is 22.4 Å². The van der Waals surface area contributed by atoms with Crippen LogP contribution in [0.5, 0.6) is 0 Å². The first kappa shape index (κ1) is 55.4. The lowest BCUT2D eigenvalue weighted by Crippen LogP contribution is -2.43. The van der Waals surface area contributed by atoms with Crippen LogP contribution in [0.4, 0.5) is 35.1 Å². The molecule has 2 aliphatic carbocycles. The van der Waals surface area contributed by atoms with Gasteiger partial charge in [0.05, 0.1) is 28.4 Å². The van der Waals surface area contributed by atoms with E-state index >= 15 is 0 Å². The Kier molecular flexibility index (Phi) is 18.8. The first-order valence-corrected chi connectivity index (χ1v) is 21.6. The van der Waals surface area contributed by atoms with Crippen LogP contribution in [0.25, 0.3) is 0 Å². The number of nitrogens with two attached hydrogens (primary N) is 3. The number of nitrogens with zero attached hydrogens (tertiary/aromatic N) is 6. The number of alkyl halides is 6. The molecule has 23 heteroatoms. The molecule has 0 spiro atoms. The van der Waals surface area contributed by atoms with E-state index in [4.69, 9.17) is 22.3 Å². The fraction of sp³-hybridized carbons (Fsp3) is 0.478. The zero-order chi connectivity index (χ0) is 51.5. The Morgan fingerprint density at radius 3 is 1.35 bits per heavy atom. The summed E-state index contributed by atoms with van der Waals surface area (Å²) in [5, 5.41) is 11.5. The lowest BCUT2D eigenvalue weighted by atomic mass is 9.84. The number of carboxylic acids is 1. The maximum atomic E-state index is 14.1. The lowest BCUT2D eigenvalue weighted by Gasteiger charge is -2.28. The van der Waals surface area contributed by atoms with Crippen molar-refractivity contribution >= 4 is 23.7 Å². The van der Waals surface area contributed by atoms with Crippen molar-refractivity contribution in [1.82, 2.24) is 35.1 Å². The molecular formula is C46H56F8N10O5. The molecule has 0 radical (unpaired) electrons. The summed E-state index contributed by atoms with van der Waals surface area (Å²) < 4.78 is 108. The molecule has 8 N–H and O–H groups in total. The second-order valence-electron chi connectivity index (χ2n) is 17.5. The van der Waals surface area contributed by atoms with Gasteiger partial charge in [0.1, 0.15) is 23.3 Å². The SMILES string of the molecule is CN(C)[C@H](CN)Cc1ccc(C(N)=O)c(F)c1.CN(C)[C@H](CNC(=O)CC(c1ncccn1)C1(C(F)(F)F)CC1)Cc1ccc(C(N)=O)c(F)c1.O=C(O)C[C@@H](c1ncccn1)C1(C(F)(F)F)CC1. The number of benzene rings is 2. The van der Waals surface area contributed by atoms with Crippen molar-refractivity contribution in [3.63, 3.8) is 0 Å². The number of halogens is 8. The molecule has 1 unspecified atom stereocenters. The second kappa shape index (κ2) is 23.4. The zero-order valence-corrected chi connectivity index (χ0v) is 38.3. The van der Waals surface area contributed by atoms with Crippen LogP contribution in [0.2, 0.25) is 0 Å². The number of amides is 3. The quantitative estimate of drug-likeness (QED) is 0.0728. The van der Waals surface area contributed by atoms with E-state index in [2.05, 4.69) is 25.3 Å². The predicted octanol–water partition coefficient (Wildman–Crippen LogP) is 5.55. The fourth-order valence-electron chi connectivity index (χ4n) is 7.87. The minimum absolute atomic E-state index is 0.00153. The fourth-order valence-corrected chi connectivity index (χ4v) is 7.87. The van der Waals surface area contributed by atoms with E-state index in [1.807, 2.05) is 23.9 Å². The maximum absolute atomic E-state index is 14.1. The van der Waals surface area contributed by atoms with Gasteiger partial charge in [0, 0.05) is 68.2 Å². The molecule has 2 saturated carbocycles. The molecule has 0 saturated heterocycles. The van der Waals surface area contributed by atoms with Crippen LogP contribution >= 0.6 is 0 Å². The number of hydrogen-bond donors (Lipinski definition) is 5. The highest BCUT2D eigenvalue weighted by Crippen LogP contribution is 2.66. The Hall–Kier alpha value is -6.20. The van der Waals surface area contributed by atoms with Gasteiger partial charge in [-0.05, 0) is 114 Å². The van der Waals surface area contributed by atoms with Crippen LogP contribution in [0.3, 0.4) is 0 Å². The molecule has 4 aromatic rings. The molecule has 69 heavy (non-hydrogen) atoms. The third-order valence-electron chi connectivity index (χ3n) is 12.4. The monoisotopic (exact) mass is 980 g/mol.